The predicted octanol–water partition coefficient (Wildman–Crippen LogP) is 0.806. The highest BCUT2D eigenvalue weighted by molar-refractivity contribution is 5.74. The predicted molar refractivity (Wildman–Crippen MR) is 59.6 cm³/mol. The lowest BCUT2D eigenvalue weighted by Crippen LogP contribution is -2.47. The summed E-state index contributed by atoms with van der Waals surface area (Å²) < 4.78 is 36.4. The fraction of sp³-hybridized carbons (Fsp3) is 0.800. The Bertz CT molecular complexity index is 310. The van der Waals surface area contributed by atoms with Crippen LogP contribution in [-0.2, 0) is 4.79 Å². The molecule has 6 nitrogen and oxygen atoms in total. The van der Waals surface area contributed by atoms with Gasteiger partial charge in [-0.1, -0.05) is 0 Å². The van der Waals surface area contributed by atoms with Crippen molar-refractivity contribution in [2.75, 3.05) is 19.6 Å². The molecule has 112 valence electrons. The summed E-state index contributed by atoms with van der Waals surface area (Å²) >= 11 is 0. The zero-order valence-corrected chi connectivity index (χ0v) is 10.4. The zero-order chi connectivity index (χ0) is 15.1. The van der Waals surface area contributed by atoms with Gasteiger partial charge in [0.25, 0.3) is 0 Å². The smallest absolute Gasteiger partial charge is 0.416 e. The molecule has 19 heavy (non-hydrogen) atoms. The topological polar surface area (TPSA) is 89.9 Å². The van der Waals surface area contributed by atoms with Gasteiger partial charge in [-0.15, -0.1) is 0 Å². The second kappa shape index (κ2) is 7.82. The first-order chi connectivity index (χ1) is 8.68. The molecular weight excluding hydrogens is 269 g/mol. The summed E-state index contributed by atoms with van der Waals surface area (Å²) in [5.74, 6) is -1.02. The third kappa shape index (κ3) is 7.50. The zero-order valence-electron chi connectivity index (χ0n) is 10.4. The van der Waals surface area contributed by atoms with Crippen molar-refractivity contribution >= 4 is 12.0 Å². The maximum Gasteiger partial charge on any atom is 0.416 e. The third-order valence-electron chi connectivity index (χ3n) is 2.28. The fourth-order valence-corrected chi connectivity index (χ4v) is 1.21. The Hall–Kier alpha value is -1.51. The quantitative estimate of drug-likeness (QED) is 0.604. The van der Waals surface area contributed by atoms with Gasteiger partial charge in [-0.05, 0) is 13.3 Å². The largest absolute Gasteiger partial charge is 0.481 e. The lowest BCUT2D eigenvalue weighted by Gasteiger charge is -2.25. The number of nitrogens with one attached hydrogen (secondary N) is 1. The average Bonchev–Trinajstić information content (AvgIpc) is 2.29. The maximum absolute atomic E-state index is 12.1. The van der Waals surface area contributed by atoms with Crippen molar-refractivity contribution in [1.29, 1.82) is 0 Å². The number of hydrogen-bond donors (Lipinski definition) is 3. The molecule has 0 aliphatic carbocycles. The van der Waals surface area contributed by atoms with Gasteiger partial charge in [0, 0.05) is 19.5 Å². The number of urea groups is 1. The first kappa shape index (κ1) is 17.5. The van der Waals surface area contributed by atoms with Crippen LogP contribution in [0.4, 0.5) is 18.0 Å². The molecule has 0 radical (unpaired) electrons. The van der Waals surface area contributed by atoms with Crippen molar-refractivity contribution in [1.82, 2.24) is 10.2 Å². The Morgan fingerprint density at radius 1 is 1.37 bits per heavy atom. The lowest BCUT2D eigenvalue weighted by molar-refractivity contribution is -0.206. The molecule has 0 aromatic carbocycles. The second-order valence-corrected chi connectivity index (χ2v) is 3.83. The summed E-state index contributed by atoms with van der Waals surface area (Å²) in [6.07, 6.45) is -7.34. The molecule has 0 aliphatic rings. The molecule has 9 heteroatoms. The molecule has 0 saturated heterocycles. The number of carbonyl (C=O) groups is 2. The van der Waals surface area contributed by atoms with E-state index in [2.05, 4.69) is 5.32 Å². The third-order valence-corrected chi connectivity index (χ3v) is 2.28. The van der Waals surface area contributed by atoms with Crippen molar-refractivity contribution in [2.45, 2.75) is 32.0 Å². The molecule has 2 amide bonds. The average molecular weight is 286 g/mol. The summed E-state index contributed by atoms with van der Waals surface area (Å²) in [6, 6.07) is -0.767. The highest BCUT2D eigenvalue weighted by atomic mass is 19.4. The number of aliphatic carboxylic acids is 1. The SMILES string of the molecule is CCN(CC(O)C(F)(F)F)C(=O)NCCCC(=O)O. The molecule has 0 saturated carbocycles. The van der Waals surface area contributed by atoms with Gasteiger partial charge in [-0.2, -0.15) is 13.2 Å². The summed E-state index contributed by atoms with van der Waals surface area (Å²) in [6.45, 7) is 0.659. The van der Waals surface area contributed by atoms with Gasteiger partial charge in [0.1, 0.15) is 0 Å². The second-order valence-electron chi connectivity index (χ2n) is 3.83. The normalized spacial score (nSPS) is 12.9. The number of rotatable bonds is 7. The molecule has 3 N–H and O–H groups in total. The monoisotopic (exact) mass is 286 g/mol. The Kier molecular flexibility index (Phi) is 7.20. The van der Waals surface area contributed by atoms with E-state index >= 15 is 0 Å². The number of carboxylic acid groups (broad SMARTS) is 1. The minimum atomic E-state index is -4.78. The molecule has 0 aliphatic heterocycles. The number of carbonyl (C=O) groups excluding carboxylic acids is 1. The van der Waals surface area contributed by atoms with E-state index in [9.17, 15) is 22.8 Å². The minimum absolute atomic E-state index is 0.00208. The van der Waals surface area contributed by atoms with Gasteiger partial charge in [0.15, 0.2) is 6.10 Å². The van der Waals surface area contributed by atoms with Crippen molar-refractivity contribution in [3.63, 3.8) is 0 Å². The maximum atomic E-state index is 12.1. The molecule has 0 fully saturated rings. The minimum Gasteiger partial charge on any atom is -0.481 e. The van der Waals surface area contributed by atoms with Crippen LogP contribution in [0.2, 0.25) is 0 Å². The van der Waals surface area contributed by atoms with Crippen molar-refractivity contribution in [3.05, 3.63) is 0 Å². The van der Waals surface area contributed by atoms with Crippen LogP contribution < -0.4 is 5.32 Å². The summed E-state index contributed by atoms with van der Waals surface area (Å²) in [5.41, 5.74) is 0. The van der Waals surface area contributed by atoms with Gasteiger partial charge in [-0.25, -0.2) is 4.79 Å². The number of amides is 2. The van der Waals surface area contributed by atoms with E-state index in [0.29, 0.717) is 0 Å². The number of nitrogens with zero attached hydrogens (tertiary/aromatic N) is 1. The molecule has 0 rings (SSSR count). The van der Waals surface area contributed by atoms with E-state index in [0.717, 1.165) is 4.90 Å². The van der Waals surface area contributed by atoms with E-state index in [1.807, 2.05) is 0 Å². The van der Waals surface area contributed by atoms with Crippen LogP contribution in [0, 0.1) is 0 Å². The summed E-state index contributed by atoms with van der Waals surface area (Å²) in [4.78, 5) is 22.5. The van der Waals surface area contributed by atoms with E-state index in [4.69, 9.17) is 10.2 Å². The molecule has 0 heterocycles. The molecule has 0 aromatic rings. The van der Waals surface area contributed by atoms with Crippen LogP contribution >= 0.6 is 0 Å². The van der Waals surface area contributed by atoms with Crippen molar-refractivity contribution in [3.8, 4) is 0 Å². The molecule has 1 atom stereocenters. The van der Waals surface area contributed by atoms with E-state index in [1.165, 1.54) is 6.92 Å². The van der Waals surface area contributed by atoms with Gasteiger partial charge in [0.05, 0.1) is 6.54 Å². The molecule has 0 spiro atoms. The van der Waals surface area contributed by atoms with E-state index in [-0.39, 0.29) is 25.9 Å². The first-order valence-electron chi connectivity index (χ1n) is 5.67. The Labute approximate surface area is 108 Å². The number of alkyl halides is 3. The van der Waals surface area contributed by atoms with Crippen LogP contribution in [0.25, 0.3) is 0 Å². The first-order valence-corrected chi connectivity index (χ1v) is 5.67. The summed E-state index contributed by atoms with van der Waals surface area (Å²) in [5, 5.41) is 19.5. The number of likely N-dealkylation sites (N-methyl/N-ethyl adjacent to an activating group) is 1. The van der Waals surface area contributed by atoms with E-state index in [1.54, 1.807) is 0 Å². The van der Waals surface area contributed by atoms with Crippen molar-refractivity contribution < 1.29 is 33.0 Å². The van der Waals surface area contributed by atoms with Crippen LogP contribution in [0.15, 0.2) is 0 Å². The fourth-order valence-electron chi connectivity index (χ4n) is 1.21. The number of halogens is 3. The number of carboxylic acids is 1. The lowest BCUT2D eigenvalue weighted by atomic mass is 10.3. The Balaban J connectivity index is 4.14. The highest BCUT2D eigenvalue weighted by Crippen LogP contribution is 2.20. The van der Waals surface area contributed by atoms with Crippen molar-refractivity contribution in [2.24, 2.45) is 0 Å². The molecule has 1 unspecified atom stereocenters. The number of aliphatic hydroxyl groups is 1. The van der Waals surface area contributed by atoms with Crippen LogP contribution in [0.1, 0.15) is 19.8 Å². The van der Waals surface area contributed by atoms with Gasteiger partial charge in [0.2, 0.25) is 0 Å². The molecule has 0 bridgehead atoms. The Morgan fingerprint density at radius 3 is 2.37 bits per heavy atom. The number of hydrogen-bond acceptors (Lipinski definition) is 3. The van der Waals surface area contributed by atoms with Crippen LogP contribution in [0.3, 0.4) is 0 Å². The van der Waals surface area contributed by atoms with Gasteiger partial charge in [-0.3, -0.25) is 4.79 Å². The molecular formula is C10H17F3N2O4. The van der Waals surface area contributed by atoms with Crippen LogP contribution in [0.5, 0.6) is 0 Å². The molecule has 0 aromatic heterocycles. The van der Waals surface area contributed by atoms with Crippen LogP contribution in [-0.4, -0.2) is 59.0 Å². The van der Waals surface area contributed by atoms with Gasteiger partial charge < -0.3 is 20.4 Å². The standard InChI is InChI=1S/C10H17F3N2O4/c1-2-15(6-7(16)10(11,12)13)9(19)14-5-3-4-8(17)18/h7,16H,2-6H2,1H3,(H,14,19)(H,17,18). The van der Waals surface area contributed by atoms with Gasteiger partial charge >= 0.3 is 18.2 Å². The Morgan fingerprint density at radius 2 is 1.95 bits per heavy atom. The summed E-state index contributed by atoms with van der Waals surface area (Å²) in [7, 11) is 0. The highest BCUT2D eigenvalue weighted by Gasteiger charge is 2.39. The van der Waals surface area contributed by atoms with E-state index < -0.39 is 30.8 Å². The number of aliphatic hydroxyl groups excluding tert-OH is 1.